The number of anilines is 1. The Morgan fingerprint density at radius 3 is 2.64 bits per heavy atom. The second kappa shape index (κ2) is 8.01. The molecule has 0 unspecified atom stereocenters. The fourth-order valence-electron chi connectivity index (χ4n) is 2.62. The Morgan fingerprint density at radius 2 is 1.93 bits per heavy atom. The predicted molar refractivity (Wildman–Crippen MR) is 99.4 cm³/mol. The van der Waals surface area contributed by atoms with Crippen molar-refractivity contribution in [2.24, 2.45) is 0 Å². The lowest BCUT2D eigenvalue weighted by Gasteiger charge is -2.13. The van der Waals surface area contributed by atoms with Crippen LogP contribution in [0.25, 0.3) is 5.69 Å². The van der Waals surface area contributed by atoms with Gasteiger partial charge in [0.05, 0.1) is 22.7 Å². The zero-order valence-corrected chi connectivity index (χ0v) is 15.8. The molecule has 0 radical (unpaired) electrons. The molecule has 0 spiro atoms. The van der Waals surface area contributed by atoms with Crippen molar-refractivity contribution < 1.29 is 18.0 Å². The van der Waals surface area contributed by atoms with Crippen LogP contribution in [-0.4, -0.2) is 31.9 Å². The Bertz CT molecular complexity index is 1000. The van der Waals surface area contributed by atoms with Crippen molar-refractivity contribution in [2.45, 2.75) is 25.2 Å². The van der Waals surface area contributed by atoms with Crippen LogP contribution in [0.4, 0.5) is 18.9 Å². The Labute approximate surface area is 163 Å². The van der Waals surface area contributed by atoms with Crippen molar-refractivity contribution in [3.8, 4) is 5.69 Å². The van der Waals surface area contributed by atoms with Crippen LogP contribution in [0.3, 0.4) is 0 Å². The van der Waals surface area contributed by atoms with Gasteiger partial charge >= 0.3 is 6.18 Å². The molecule has 2 aromatic carbocycles. The number of carbonyl (C=O) groups is 1. The first-order valence-corrected chi connectivity index (χ1v) is 9.19. The van der Waals surface area contributed by atoms with Crippen LogP contribution in [-0.2, 0) is 11.0 Å². The standard InChI is InChI=1S/C18H16F3N5OS/c1-11-7-8-15(12(2)9-11)26-17(23-24-25-26)28-10-16(27)22-14-6-4-3-5-13(14)18(19,20)21/h3-9H,10H2,1-2H3,(H,22,27). The quantitative estimate of drug-likeness (QED) is 0.647. The number of nitrogens with zero attached hydrogens (tertiary/aromatic N) is 4. The molecular formula is C18H16F3N5OS. The Kier molecular flexibility index (Phi) is 5.68. The molecular weight excluding hydrogens is 391 g/mol. The molecule has 1 aromatic heterocycles. The summed E-state index contributed by atoms with van der Waals surface area (Å²) in [6, 6.07) is 10.6. The topological polar surface area (TPSA) is 72.7 Å². The molecule has 0 bridgehead atoms. The highest BCUT2D eigenvalue weighted by atomic mass is 32.2. The van der Waals surface area contributed by atoms with Gasteiger partial charge in [-0.15, -0.1) is 5.10 Å². The van der Waals surface area contributed by atoms with Crippen molar-refractivity contribution >= 4 is 23.4 Å². The van der Waals surface area contributed by atoms with Crippen molar-refractivity contribution in [1.82, 2.24) is 20.2 Å². The number of aryl methyl sites for hydroxylation is 2. The van der Waals surface area contributed by atoms with Gasteiger partial charge in [-0.1, -0.05) is 41.6 Å². The highest BCUT2D eigenvalue weighted by molar-refractivity contribution is 7.99. The van der Waals surface area contributed by atoms with E-state index in [-0.39, 0.29) is 11.4 Å². The Balaban J connectivity index is 1.71. The molecule has 28 heavy (non-hydrogen) atoms. The minimum atomic E-state index is -4.55. The fourth-order valence-corrected chi connectivity index (χ4v) is 3.30. The third kappa shape index (κ3) is 4.50. The highest BCUT2D eigenvalue weighted by Crippen LogP contribution is 2.34. The van der Waals surface area contributed by atoms with Gasteiger partial charge in [-0.3, -0.25) is 4.79 Å². The number of amides is 1. The average Bonchev–Trinajstić information content (AvgIpc) is 3.08. The number of tetrazole rings is 1. The van der Waals surface area contributed by atoms with Crippen LogP contribution in [0.5, 0.6) is 0 Å². The van der Waals surface area contributed by atoms with Gasteiger partial charge in [-0.25, -0.2) is 0 Å². The molecule has 0 aliphatic heterocycles. The fraction of sp³-hybridized carbons (Fsp3) is 0.222. The first-order valence-electron chi connectivity index (χ1n) is 8.20. The van der Waals surface area contributed by atoms with Crippen LogP contribution in [0.1, 0.15) is 16.7 Å². The van der Waals surface area contributed by atoms with Crippen LogP contribution in [0, 0.1) is 13.8 Å². The summed E-state index contributed by atoms with van der Waals surface area (Å²) >= 11 is 1.04. The summed E-state index contributed by atoms with van der Waals surface area (Å²) in [7, 11) is 0. The predicted octanol–water partition coefficient (Wildman–Crippen LogP) is 4.03. The minimum Gasteiger partial charge on any atom is -0.325 e. The van der Waals surface area contributed by atoms with Crippen molar-refractivity contribution in [1.29, 1.82) is 0 Å². The number of thioether (sulfide) groups is 1. The number of hydrogen-bond donors (Lipinski definition) is 1. The molecule has 1 N–H and O–H groups in total. The van der Waals surface area contributed by atoms with Crippen LogP contribution in [0.2, 0.25) is 0 Å². The lowest BCUT2D eigenvalue weighted by atomic mass is 10.1. The van der Waals surface area contributed by atoms with Crippen LogP contribution in [0.15, 0.2) is 47.6 Å². The number of hydrogen-bond acceptors (Lipinski definition) is 5. The summed E-state index contributed by atoms with van der Waals surface area (Å²) in [5.74, 6) is -0.728. The molecule has 10 heteroatoms. The zero-order valence-electron chi connectivity index (χ0n) is 15.0. The van der Waals surface area contributed by atoms with Crippen molar-refractivity contribution in [3.05, 3.63) is 59.2 Å². The smallest absolute Gasteiger partial charge is 0.325 e. The van der Waals surface area contributed by atoms with E-state index in [1.807, 2.05) is 32.0 Å². The molecule has 1 heterocycles. The number of benzene rings is 2. The van der Waals surface area contributed by atoms with Gasteiger partial charge in [0.25, 0.3) is 0 Å². The maximum Gasteiger partial charge on any atom is 0.418 e. The summed E-state index contributed by atoms with van der Waals surface area (Å²) in [6.07, 6.45) is -4.55. The normalized spacial score (nSPS) is 11.5. The van der Waals surface area contributed by atoms with Gasteiger partial charge in [0.15, 0.2) is 0 Å². The number of nitrogens with one attached hydrogen (secondary N) is 1. The zero-order chi connectivity index (χ0) is 20.3. The lowest BCUT2D eigenvalue weighted by molar-refractivity contribution is -0.137. The van der Waals surface area contributed by atoms with E-state index in [1.54, 1.807) is 0 Å². The highest BCUT2D eigenvalue weighted by Gasteiger charge is 2.33. The second-order valence-corrected chi connectivity index (χ2v) is 6.99. The third-order valence-corrected chi connectivity index (χ3v) is 4.78. The monoisotopic (exact) mass is 407 g/mol. The van der Waals surface area contributed by atoms with E-state index in [9.17, 15) is 18.0 Å². The molecule has 0 atom stereocenters. The maximum atomic E-state index is 13.0. The van der Waals surface area contributed by atoms with E-state index < -0.39 is 17.6 Å². The number of rotatable bonds is 5. The Morgan fingerprint density at radius 1 is 1.18 bits per heavy atom. The van der Waals surface area contributed by atoms with E-state index in [1.165, 1.54) is 22.9 Å². The number of alkyl halides is 3. The molecule has 0 saturated heterocycles. The average molecular weight is 407 g/mol. The van der Waals surface area contributed by atoms with Crippen LogP contribution >= 0.6 is 11.8 Å². The molecule has 0 saturated carbocycles. The third-order valence-electron chi connectivity index (χ3n) is 3.86. The van der Waals surface area contributed by atoms with Gasteiger partial charge in [-0.2, -0.15) is 17.9 Å². The summed E-state index contributed by atoms with van der Waals surface area (Å²) in [5.41, 5.74) is 1.63. The second-order valence-electron chi connectivity index (χ2n) is 6.04. The minimum absolute atomic E-state index is 0.141. The summed E-state index contributed by atoms with van der Waals surface area (Å²) in [6.45, 7) is 3.88. The summed E-state index contributed by atoms with van der Waals surface area (Å²) < 4.78 is 40.6. The number of aromatic nitrogens is 4. The van der Waals surface area contributed by atoms with E-state index in [0.29, 0.717) is 5.16 Å². The van der Waals surface area contributed by atoms with E-state index in [2.05, 4.69) is 20.8 Å². The van der Waals surface area contributed by atoms with Gasteiger partial charge < -0.3 is 5.32 Å². The first-order chi connectivity index (χ1) is 13.3. The lowest BCUT2D eigenvalue weighted by Crippen LogP contribution is -2.18. The molecule has 0 fully saturated rings. The van der Waals surface area contributed by atoms with E-state index in [4.69, 9.17) is 0 Å². The number of halogens is 3. The van der Waals surface area contributed by atoms with Gasteiger partial charge in [0.2, 0.25) is 11.1 Å². The van der Waals surface area contributed by atoms with Gasteiger partial charge in [0, 0.05) is 0 Å². The molecule has 0 aliphatic rings. The van der Waals surface area contributed by atoms with Crippen molar-refractivity contribution in [2.75, 3.05) is 11.1 Å². The van der Waals surface area contributed by atoms with Gasteiger partial charge in [-0.05, 0) is 48.0 Å². The summed E-state index contributed by atoms with van der Waals surface area (Å²) in [5, 5.41) is 14.1. The van der Waals surface area contributed by atoms with E-state index >= 15 is 0 Å². The van der Waals surface area contributed by atoms with Gasteiger partial charge in [0.1, 0.15) is 0 Å². The number of carbonyl (C=O) groups excluding carboxylic acids is 1. The molecule has 6 nitrogen and oxygen atoms in total. The van der Waals surface area contributed by atoms with Crippen LogP contribution < -0.4 is 5.32 Å². The maximum absolute atomic E-state index is 13.0. The van der Waals surface area contributed by atoms with E-state index in [0.717, 1.165) is 34.6 Å². The SMILES string of the molecule is Cc1ccc(-n2nnnc2SCC(=O)Nc2ccccc2C(F)(F)F)c(C)c1. The molecule has 3 rings (SSSR count). The molecule has 146 valence electrons. The molecule has 3 aromatic rings. The first kappa shape index (κ1) is 19.9. The summed E-state index contributed by atoms with van der Waals surface area (Å²) in [4.78, 5) is 12.2. The molecule has 1 amide bonds. The largest absolute Gasteiger partial charge is 0.418 e. The number of para-hydroxylation sites is 1. The Hall–Kier alpha value is -2.88. The molecule has 0 aliphatic carbocycles. The van der Waals surface area contributed by atoms with Crippen molar-refractivity contribution in [3.63, 3.8) is 0 Å².